The van der Waals surface area contributed by atoms with Gasteiger partial charge in [-0.2, -0.15) is 0 Å². The van der Waals surface area contributed by atoms with Gasteiger partial charge in [0, 0.05) is 25.4 Å². The predicted octanol–water partition coefficient (Wildman–Crippen LogP) is 1.44. The van der Waals surface area contributed by atoms with E-state index in [0.29, 0.717) is 19.7 Å². The minimum Gasteiger partial charge on any atom is -0.380 e. The Hall–Kier alpha value is -1.43. The molecule has 21 heavy (non-hydrogen) atoms. The van der Waals surface area contributed by atoms with Crippen molar-refractivity contribution in [2.75, 3.05) is 38.7 Å². The molecule has 0 atom stereocenters. The summed E-state index contributed by atoms with van der Waals surface area (Å²) in [5.74, 6) is 0.766. The van der Waals surface area contributed by atoms with Crippen LogP contribution in [0.3, 0.4) is 0 Å². The molecule has 1 aromatic carbocycles. The lowest BCUT2D eigenvalue weighted by Gasteiger charge is -2.16. The Bertz CT molecular complexity index is 461. The number of anilines is 1. The van der Waals surface area contributed by atoms with Crippen LogP contribution in [-0.4, -0.2) is 44.2 Å². The number of benzene rings is 1. The maximum Gasteiger partial charge on any atom is 0.238 e. The molecule has 1 amide bonds. The highest BCUT2D eigenvalue weighted by Gasteiger charge is 2.21. The molecule has 0 aliphatic heterocycles. The first-order valence-corrected chi connectivity index (χ1v) is 7.52. The van der Waals surface area contributed by atoms with Crippen molar-refractivity contribution in [1.82, 2.24) is 4.90 Å². The van der Waals surface area contributed by atoms with Crippen LogP contribution in [0.15, 0.2) is 24.3 Å². The first-order chi connectivity index (χ1) is 10.2. The lowest BCUT2D eigenvalue weighted by atomic mass is 10.2. The fourth-order valence-electron chi connectivity index (χ4n) is 2.06. The number of hydrogen-bond donors (Lipinski definition) is 2. The fraction of sp³-hybridized carbons (Fsp3) is 0.562. The van der Waals surface area contributed by atoms with E-state index in [2.05, 4.69) is 5.32 Å². The molecule has 1 aliphatic carbocycles. The normalized spacial score (nSPS) is 14.4. The number of carbonyl (C=O) groups excluding carboxylic acids is 1. The van der Waals surface area contributed by atoms with Gasteiger partial charge in [-0.1, -0.05) is 12.1 Å². The van der Waals surface area contributed by atoms with E-state index in [1.165, 1.54) is 12.8 Å². The summed E-state index contributed by atoms with van der Waals surface area (Å²) in [6.07, 6.45) is 2.61. The summed E-state index contributed by atoms with van der Waals surface area (Å²) >= 11 is 0. The zero-order valence-electron chi connectivity index (χ0n) is 12.7. The molecule has 116 valence electrons. The van der Waals surface area contributed by atoms with Crippen LogP contribution >= 0.6 is 0 Å². The summed E-state index contributed by atoms with van der Waals surface area (Å²) in [6, 6.07) is 7.61. The van der Waals surface area contributed by atoms with E-state index in [1.54, 1.807) is 0 Å². The number of hydrogen-bond acceptors (Lipinski definition) is 4. The molecule has 0 aromatic heterocycles. The number of likely N-dealkylation sites (N-methyl/N-ethyl adjacent to an activating group) is 1. The highest BCUT2D eigenvalue weighted by Crippen LogP contribution is 2.28. The van der Waals surface area contributed by atoms with Crippen LogP contribution in [0.5, 0.6) is 0 Å². The number of amides is 1. The van der Waals surface area contributed by atoms with E-state index in [-0.39, 0.29) is 5.91 Å². The van der Waals surface area contributed by atoms with Crippen LogP contribution in [0.25, 0.3) is 0 Å². The van der Waals surface area contributed by atoms with Gasteiger partial charge < -0.3 is 15.8 Å². The van der Waals surface area contributed by atoms with Crippen molar-refractivity contribution in [3.05, 3.63) is 29.8 Å². The first kappa shape index (κ1) is 15.9. The van der Waals surface area contributed by atoms with Crippen molar-refractivity contribution < 1.29 is 9.53 Å². The number of nitrogens with two attached hydrogens (primary N) is 1. The maximum absolute atomic E-state index is 11.9. The highest BCUT2D eigenvalue weighted by atomic mass is 16.5. The standard InChI is InChI=1S/C16H25N3O2/c1-19(7-8-21-12-13-5-6-13)11-16(20)18-15-4-2-3-14(9-15)10-17/h2-4,9,13H,5-8,10-12,17H2,1H3,(H,18,20). The van der Waals surface area contributed by atoms with Crippen LogP contribution in [0, 0.1) is 5.92 Å². The van der Waals surface area contributed by atoms with Crippen LogP contribution in [-0.2, 0) is 16.1 Å². The number of nitrogens with one attached hydrogen (secondary N) is 1. The van der Waals surface area contributed by atoms with Crippen molar-refractivity contribution >= 4 is 11.6 Å². The van der Waals surface area contributed by atoms with Crippen LogP contribution < -0.4 is 11.1 Å². The van der Waals surface area contributed by atoms with E-state index < -0.39 is 0 Å². The van der Waals surface area contributed by atoms with Crippen molar-refractivity contribution in [2.45, 2.75) is 19.4 Å². The van der Waals surface area contributed by atoms with Gasteiger partial charge >= 0.3 is 0 Å². The largest absolute Gasteiger partial charge is 0.380 e. The quantitative estimate of drug-likeness (QED) is 0.676. The lowest BCUT2D eigenvalue weighted by molar-refractivity contribution is -0.117. The van der Waals surface area contributed by atoms with E-state index in [1.807, 2.05) is 36.2 Å². The molecule has 1 aromatic rings. The number of carbonyl (C=O) groups is 1. The molecule has 0 spiro atoms. The minimum absolute atomic E-state index is 0.0196. The second-order valence-electron chi connectivity index (χ2n) is 5.71. The van der Waals surface area contributed by atoms with Gasteiger partial charge in [0.1, 0.15) is 0 Å². The molecule has 5 heteroatoms. The topological polar surface area (TPSA) is 67.6 Å². The number of rotatable bonds is 9. The van der Waals surface area contributed by atoms with Gasteiger partial charge in [0.15, 0.2) is 0 Å². The third-order valence-electron chi connectivity index (χ3n) is 3.53. The zero-order valence-corrected chi connectivity index (χ0v) is 12.7. The van der Waals surface area contributed by atoms with Gasteiger partial charge in [0.05, 0.1) is 13.2 Å². The second-order valence-corrected chi connectivity index (χ2v) is 5.71. The van der Waals surface area contributed by atoms with Crippen molar-refractivity contribution in [3.8, 4) is 0 Å². The summed E-state index contributed by atoms with van der Waals surface area (Å²) in [7, 11) is 1.93. The van der Waals surface area contributed by atoms with Crippen molar-refractivity contribution in [1.29, 1.82) is 0 Å². The van der Waals surface area contributed by atoms with E-state index in [4.69, 9.17) is 10.5 Å². The number of nitrogens with zero attached hydrogens (tertiary/aromatic N) is 1. The summed E-state index contributed by atoms with van der Waals surface area (Å²) < 4.78 is 5.57. The van der Waals surface area contributed by atoms with E-state index in [9.17, 15) is 4.79 Å². The Morgan fingerprint density at radius 2 is 2.29 bits per heavy atom. The highest BCUT2D eigenvalue weighted by molar-refractivity contribution is 5.92. The molecule has 0 unspecified atom stereocenters. The Labute approximate surface area is 126 Å². The summed E-state index contributed by atoms with van der Waals surface area (Å²) in [5.41, 5.74) is 7.39. The maximum atomic E-state index is 11.9. The van der Waals surface area contributed by atoms with E-state index in [0.717, 1.165) is 30.3 Å². The van der Waals surface area contributed by atoms with E-state index >= 15 is 0 Å². The molecule has 3 N–H and O–H groups in total. The molecule has 0 saturated heterocycles. The average Bonchev–Trinajstić information content (AvgIpc) is 3.28. The fourth-order valence-corrected chi connectivity index (χ4v) is 2.06. The minimum atomic E-state index is -0.0196. The Morgan fingerprint density at radius 1 is 1.48 bits per heavy atom. The first-order valence-electron chi connectivity index (χ1n) is 7.52. The summed E-state index contributed by atoms with van der Waals surface area (Å²) in [6.45, 7) is 3.15. The molecule has 1 saturated carbocycles. The molecular formula is C16H25N3O2. The molecule has 0 heterocycles. The van der Waals surface area contributed by atoms with Crippen LogP contribution in [0.4, 0.5) is 5.69 Å². The Kier molecular flexibility index (Phi) is 6.17. The van der Waals surface area contributed by atoms with Gasteiger partial charge in [-0.3, -0.25) is 9.69 Å². The SMILES string of the molecule is CN(CCOCC1CC1)CC(=O)Nc1cccc(CN)c1. The smallest absolute Gasteiger partial charge is 0.238 e. The molecular weight excluding hydrogens is 266 g/mol. The third-order valence-corrected chi connectivity index (χ3v) is 3.53. The summed E-state index contributed by atoms with van der Waals surface area (Å²) in [4.78, 5) is 13.9. The van der Waals surface area contributed by atoms with Crippen LogP contribution in [0.1, 0.15) is 18.4 Å². The van der Waals surface area contributed by atoms with Gasteiger partial charge in [0.2, 0.25) is 5.91 Å². The van der Waals surface area contributed by atoms with Gasteiger partial charge in [-0.25, -0.2) is 0 Å². The lowest BCUT2D eigenvalue weighted by Crippen LogP contribution is -2.32. The predicted molar refractivity (Wildman–Crippen MR) is 84.0 cm³/mol. The van der Waals surface area contributed by atoms with Crippen molar-refractivity contribution in [3.63, 3.8) is 0 Å². The molecule has 0 bridgehead atoms. The third kappa shape index (κ3) is 6.25. The average molecular weight is 291 g/mol. The van der Waals surface area contributed by atoms with Gasteiger partial charge in [0.25, 0.3) is 0 Å². The Morgan fingerprint density at radius 3 is 3.00 bits per heavy atom. The van der Waals surface area contributed by atoms with Crippen molar-refractivity contribution in [2.24, 2.45) is 11.7 Å². The Balaban J connectivity index is 1.64. The molecule has 0 radical (unpaired) electrons. The zero-order chi connectivity index (χ0) is 15.1. The second kappa shape index (κ2) is 8.12. The number of ether oxygens (including phenoxy) is 1. The summed E-state index contributed by atoms with van der Waals surface area (Å²) in [5, 5.41) is 2.89. The van der Waals surface area contributed by atoms with Gasteiger partial charge in [-0.15, -0.1) is 0 Å². The molecule has 1 aliphatic rings. The molecule has 1 fully saturated rings. The monoisotopic (exact) mass is 291 g/mol. The molecule has 2 rings (SSSR count). The van der Waals surface area contributed by atoms with Gasteiger partial charge in [-0.05, 0) is 43.5 Å². The molecule has 5 nitrogen and oxygen atoms in total. The van der Waals surface area contributed by atoms with Crippen LogP contribution in [0.2, 0.25) is 0 Å².